The molecule has 0 radical (unpaired) electrons. The first-order chi connectivity index (χ1) is 16.2. The molecule has 0 aliphatic rings. The maximum atomic E-state index is 6.64. The summed E-state index contributed by atoms with van der Waals surface area (Å²) in [6.45, 7) is 2.13. The first kappa shape index (κ1) is 19.4. The molecule has 0 aliphatic carbocycles. The number of aryl methyl sites for hydroxylation is 2. The molecule has 0 saturated heterocycles. The monoisotopic (exact) mass is 427 g/mol. The van der Waals surface area contributed by atoms with E-state index >= 15 is 0 Å². The highest BCUT2D eigenvalue weighted by Crippen LogP contribution is 2.40. The number of para-hydroxylation sites is 1. The summed E-state index contributed by atoms with van der Waals surface area (Å²) in [6, 6.07) is 32.0. The molecule has 0 fully saturated rings. The minimum Gasteiger partial charge on any atom is -0.455 e. The smallest absolute Gasteiger partial charge is 0.286 e. The molecule has 3 nitrogen and oxygen atoms in total. The first-order valence-electron chi connectivity index (χ1n) is 11.1. The molecule has 0 aliphatic heterocycles. The highest BCUT2D eigenvalue weighted by Gasteiger charge is 2.20. The second-order valence-corrected chi connectivity index (χ2v) is 8.44. The van der Waals surface area contributed by atoms with Gasteiger partial charge in [0, 0.05) is 22.4 Å². The zero-order valence-electron chi connectivity index (χ0n) is 18.6. The fourth-order valence-electron chi connectivity index (χ4n) is 4.67. The lowest BCUT2D eigenvalue weighted by atomic mass is 9.98. The zero-order valence-corrected chi connectivity index (χ0v) is 18.6. The van der Waals surface area contributed by atoms with E-state index in [2.05, 4.69) is 90.8 Å². The maximum Gasteiger partial charge on any atom is 0.286 e. The molecule has 0 amide bonds. The van der Waals surface area contributed by atoms with Crippen LogP contribution in [-0.2, 0) is 7.05 Å². The van der Waals surface area contributed by atoms with E-state index in [1.165, 1.54) is 16.7 Å². The third-order valence-electron chi connectivity index (χ3n) is 6.37. The fraction of sp³-hybridized carbons (Fsp3) is 0.0667. The van der Waals surface area contributed by atoms with Crippen molar-refractivity contribution in [2.45, 2.75) is 6.92 Å². The number of hydrogen-bond donors (Lipinski definition) is 0. The molecule has 0 spiro atoms. The number of fused-ring (bicyclic) bond motifs is 3. The van der Waals surface area contributed by atoms with Gasteiger partial charge in [-0.3, -0.25) is 0 Å². The summed E-state index contributed by atoms with van der Waals surface area (Å²) >= 11 is 0. The van der Waals surface area contributed by atoms with E-state index in [0.29, 0.717) is 0 Å². The van der Waals surface area contributed by atoms with Gasteiger partial charge in [0.05, 0.1) is 12.6 Å². The van der Waals surface area contributed by atoms with Crippen molar-refractivity contribution in [3.63, 3.8) is 0 Å². The molecule has 3 heteroatoms. The van der Waals surface area contributed by atoms with E-state index in [0.717, 1.165) is 44.3 Å². The van der Waals surface area contributed by atoms with Gasteiger partial charge in [-0.05, 0) is 29.2 Å². The summed E-state index contributed by atoms with van der Waals surface area (Å²) in [4.78, 5) is 4.24. The van der Waals surface area contributed by atoms with Crippen molar-refractivity contribution in [2.24, 2.45) is 7.05 Å². The van der Waals surface area contributed by atoms with Gasteiger partial charge in [-0.25, -0.2) is 4.57 Å². The topological polar surface area (TPSA) is 29.9 Å². The van der Waals surface area contributed by atoms with Crippen LogP contribution in [-0.4, -0.2) is 4.98 Å². The Kier molecular flexibility index (Phi) is 4.55. The average molecular weight is 428 g/mol. The lowest BCUT2D eigenvalue weighted by Gasteiger charge is -2.06. The SMILES string of the molecule is Cc1ccc2c(oc3c(-c4ccc(-c5ccccc5)cc4)cccc32)c1-c1ccnc[n+]1C. The van der Waals surface area contributed by atoms with Crippen LogP contribution in [0.15, 0.2) is 108 Å². The van der Waals surface area contributed by atoms with Crippen molar-refractivity contribution in [2.75, 3.05) is 0 Å². The van der Waals surface area contributed by atoms with Crippen LogP contribution in [0.25, 0.3) is 55.4 Å². The lowest BCUT2D eigenvalue weighted by Crippen LogP contribution is -2.31. The minimum atomic E-state index is 0.917. The Hall–Kier alpha value is -4.24. The average Bonchev–Trinajstić information content (AvgIpc) is 3.24. The summed E-state index contributed by atoms with van der Waals surface area (Å²) in [5.41, 5.74) is 9.88. The summed E-state index contributed by atoms with van der Waals surface area (Å²) in [5.74, 6) is 0. The van der Waals surface area contributed by atoms with E-state index in [1.54, 1.807) is 0 Å². The summed E-state index contributed by atoms with van der Waals surface area (Å²) in [6.07, 6.45) is 3.66. The standard InChI is InChI=1S/C30H23N2O/c1-20-11-16-26-25-10-6-9-24(23-14-12-22(13-15-23)21-7-4-3-5-8-21)29(25)33-30(26)28(20)27-17-18-31-19-32(27)2/h3-19H,1-2H3/q+1. The van der Waals surface area contributed by atoms with Crippen LogP contribution in [0, 0.1) is 6.92 Å². The van der Waals surface area contributed by atoms with E-state index in [4.69, 9.17) is 4.42 Å². The van der Waals surface area contributed by atoms with Gasteiger partial charge in [0.2, 0.25) is 0 Å². The molecule has 0 bridgehead atoms. The Morgan fingerprint density at radius 3 is 2.18 bits per heavy atom. The van der Waals surface area contributed by atoms with E-state index in [1.807, 2.05) is 36.3 Å². The van der Waals surface area contributed by atoms with Gasteiger partial charge >= 0.3 is 0 Å². The molecule has 2 heterocycles. The molecule has 0 atom stereocenters. The third kappa shape index (κ3) is 3.21. The van der Waals surface area contributed by atoms with Crippen molar-refractivity contribution in [1.29, 1.82) is 0 Å². The van der Waals surface area contributed by atoms with E-state index in [-0.39, 0.29) is 0 Å². The van der Waals surface area contributed by atoms with Gasteiger partial charge < -0.3 is 4.42 Å². The normalized spacial score (nSPS) is 11.3. The number of hydrogen-bond acceptors (Lipinski definition) is 2. The second kappa shape index (κ2) is 7.72. The molecule has 2 aromatic heterocycles. The molecule has 33 heavy (non-hydrogen) atoms. The highest BCUT2D eigenvalue weighted by molar-refractivity contribution is 6.13. The molecule has 6 aromatic rings. The van der Waals surface area contributed by atoms with Crippen LogP contribution < -0.4 is 4.57 Å². The first-order valence-corrected chi connectivity index (χ1v) is 11.1. The van der Waals surface area contributed by atoms with Crippen LogP contribution in [0.1, 0.15) is 5.56 Å². The number of benzene rings is 4. The molecule has 4 aromatic carbocycles. The van der Waals surface area contributed by atoms with Crippen LogP contribution in [0.4, 0.5) is 0 Å². The van der Waals surface area contributed by atoms with Gasteiger partial charge in [-0.1, -0.05) is 89.9 Å². The second-order valence-electron chi connectivity index (χ2n) is 8.44. The van der Waals surface area contributed by atoms with Crippen LogP contribution in [0.5, 0.6) is 0 Å². The number of rotatable bonds is 3. The Balaban J connectivity index is 1.55. The van der Waals surface area contributed by atoms with E-state index < -0.39 is 0 Å². The number of furan rings is 1. The van der Waals surface area contributed by atoms with Gasteiger partial charge in [-0.15, -0.1) is 0 Å². The molecule has 0 unspecified atom stereocenters. The Morgan fingerprint density at radius 2 is 1.39 bits per heavy atom. The van der Waals surface area contributed by atoms with Crippen LogP contribution in [0.2, 0.25) is 0 Å². The number of aromatic nitrogens is 2. The van der Waals surface area contributed by atoms with Crippen molar-refractivity contribution in [3.8, 4) is 33.5 Å². The van der Waals surface area contributed by atoms with Crippen molar-refractivity contribution in [3.05, 3.63) is 109 Å². The maximum absolute atomic E-state index is 6.64. The van der Waals surface area contributed by atoms with Crippen LogP contribution >= 0.6 is 0 Å². The zero-order chi connectivity index (χ0) is 22.4. The van der Waals surface area contributed by atoms with E-state index in [9.17, 15) is 0 Å². The van der Waals surface area contributed by atoms with Gasteiger partial charge in [-0.2, -0.15) is 0 Å². The van der Waals surface area contributed by atoms with Crippen LogP contribution in [0.3, 0.4) is 0 Å². The van der Waals surface area contributed by atoms with Gasteiger partial charge in [0.25, 0.3) is 6.33 Å². The van der Waals surface area contributed by atoms with Crippen molar-refractivity contribution >= 4 is 21.9 Å². The van der Waals surface area contributed by atoms with Crippen molar-refractivity contribution in [1.82, 2.24) is 4.98 Å². The predicted octanol–water partition coefficient (Wildman–Crippen LogP) is 7.11. The largest absolute Gasteiger partial charge is 0.455 e. The van der Waals surface area contributed by atoms with Gasteiger partial charge in [0.15, 0.2) is 0 Å². The summed E-state index contributed by atoms with van der Waals surface area (Å²) < 4.78 is 8.68. The Morgan fingerprint density at radius 1 is 0.667 bits per heavy atom. The highest BCUT2D eigenvalue weighted by atomic mass is 16.3. The summed E-state index contributed by atoms with van der Waals surface area (Å²) in [7, 11) is 2.02. The quantitative estimate of drug-likeness (QED) is 0.282. The third-order valence-corrected chi connectivity index (χ3v) is 6.37. The van der Waals surface area contributed by atoms with Gasteiger partial charge in [0.1, 0.15) is 23.1 Å². The molecular formula is C30H23N2O+. The lowest BCUT2D eigenvalue weighted by molar-refractivity contribution is -0.663. The summed E-state index contributed by atoms with van der Waals surface area (Å²) in [5, 5.41) is 2.26. The Labute approximate surface area is 192 Å². The van der Waals surface area contributed by atoms with Crippen molar-refractivity contribution < 1.29 is 8.98 Å². The Bertz CT molecular complexity index is 1610. The molecule has 6 rings (SSSR count). The molecule has 0 saturated carbocycles. The predicted molar refractivity (Wildman–Crippen MR) is 134 cm³/mol. The minimum absolute atomic E-state index is 0.917. The molecular weight excluding hydrogens is 404 g/mol. The molecule has 158 valence electrons. The molecule has 0 N–H and O–H groups in total. The fourth-order valence-corrected chi connectivity index (χ4v) is 4.67. The number of nitrogens with zero attached hydrogens (tertiary/aromatic N) is 2.